The van der Waals surface area contributed by atoms with Gasteiger partial charge >= 0.3 is 0 Å². The van der Waals surface area contributed by atoms with Crippen molar-refractivity contribution in [1.29, 1.82) is 0 Å². The van der Waals surface area contributed by atoms with Crippen molar-refractivity contribution in [3.05, 3.63) is 22.2 Å². The van der Waals surface area contributed by atoms with Crippen LogP contribution in [0.15, 0.2) is 10.9 Å². The number of H-pyrrole nitrogens is 1. The SMILES string of the molecule is CCc1nc(N2CCCCC2)cc(=O)[nH]1. The standard InChI is InChI=1S/C11H17N3O/c1-2-9-12-10(8-11(15)13-9)14-6-4-3-5-7-14/h8H,2-7H2,1H3,(H,12,13,15). The molecule has 1 saturated heterocycles. The summed E-state index contributed by atoms with van der Waals surface area (Å²) in [7, 11) is 0. The second-order valence-electron chi connectivity index (χ2n) is 3.95. The second kappa shape index (κ2) is 4.47. The van der Waals surface area contributed by atoms with E-state index < -0.39 is 0 Å². The largest absolute Gasteiger partial charge is 0.356 e. The molecule has 1 fully saturated rings. The van der Waals surface area contributed by atoms with Crippen LogP contribution in [0.2, 0.25) is 0 Å². The van der Waals surface area contributed by atoms with E-state index in [1.807, 2.05) is 6.92 Å². The highest BCUT2D eigenvalue weighted by molar-refractivity contribution is 5.37. The molecule has 0 amide bonds. The zero-order chi connectivity index (χ0) is 10.7. The van der Waals surface area contributed by atoms with Crippen LogP contribution in [-0.2, 0) is 6.42 Å². The van der Waals surface area contributed by atoms with Crippen LogP contribution in [0, 0.1) is 0 Å². The number of aromatic nitrogens is 2. The van der Waals surface area contributed by atoms with E-state index in [-0.39, 0.29) is 5.56 Å². The fraction of sp³-hybridized carbons (Fsp3) is 0.636. The van der Waals surface area contributed by atoms with Gasteiger partial charge in [0.15, 0.2) is 0 Å². The molecule has 1 aliphatic heterocycles. The predicted molar refractivity (Wildman–Crippen MR) is 60.3 cm³/mol. The molecule has 0 aliphatic carbocycles. The molecule has 1 aliphatic rings. The molecule has 0 radical (unpaired) electrons. The maximum Gasteiger partial charge on any atom is 0.252 e. The number of nitrogens with one attached hydrogen (secondary N) is 1. The van der Waals surface area contributed by atoms with Gasteiger partial charge in [-0.3, -0.25) is 4.79 Å². The molecule has 0 unspecified atom stereocenters. The Balaban J connectivity index is 2.26. The van der Waals surface area contributed by atoms with E-state index in [4.69, 9.17) is 0 Å². The Bertz CT molecular complexity index is 380. The smallest absolute Gasteiger partial charge is 0.252 e. The minimum Gasteiger partial charge on any atom is -0.356 e. The first-order valence-electron chi connectivity index (χ1n) is 5.65. The summed E-state index contributed by atoms with van der Waals surface area (Å²) in [4.78, 5) is 20.8. The average Bonchev–Trinajstić information content (AvgIpc) is 2.29. The Hall–Kier alpha value is -1.32. The summed E-state index contributed by atoms with van der Waals surface area (Å²) in [5.74, 6) is 1.62. The van der Waals surface area contributed by atoms with E-state index in [0.29, 0.717) is 0 Å². The van der Waals surface area contributed by atoms with Crippen LogP contribution >= 0.6 is 0 Å². The van der Waals surface area contributed by atoms with Gasteiger partial charge in [0.25, 0.3) is 5.56 Å². The lowest BCUT2D eigenvalue weighted by Crippen LogP contribution is -2.31. The minimum atomic E-state index is -0.0394. The molecular weight excluding hydrogens is 190 g/mol. The zero-order valence-corrected chi connectivity index (χ0v) is 9.12. The molecule has 0 bridgehead atoms. The fourth-order valence-corrected chi connectivity index (χ4v) is 1.95. The van der Waals surface area contributed by atoms with Crippen molar-refractivity contribution < 1.29 is 0 Å². The number of aromatic amines is 1. The Morgan fingerprint density at radius 3 is 2.80 bits per heavy atom. The van der Waals surface area contributed by atoms with Crippen molar-refractivity contribution in [2.75, 3.05) is 18.0 Å². The Morgan fingerprint density at radius 1 is 1.40 bits per heavy atom. The maximum atomic E-state index is 11.4. The number of rotatable bonds is 2. The maximum absolute atomic E-state index is 11.4. The minimum absolute atomic E-state index is 0.0394. The zero-order valence-electron chi connectivity index (χ0n) is 9.12. The molecule has 0 atom stereocenters. The Labute approximate surface area is 89.3 Å². The van der Waals surface area contributed by atoms with Crippen LogP contribution in [0.1, 0.15) is 32.0 Å². The summed E-state index contributed by atoms with van der Waals surface area (Å²) in [5, 5.41) is 0. The predicted octanol–water partition coefficient (Wildman–Crippen LogP) is 1.32. The summed E-state index contributed by atoms with van der Waals surface area (Å²) < 4.78 is 0. The van der Waals surface area contributed by atoms with Gasteiger partial charge in [-0.15, -0.1) is 0 Å². The summed E-state index contributed by atoms with van der Waals surface area (Å²) >= 11 is 0. The molecule has 4 nitrogen and oxygen atoms in total. The number of hydrogen-bond acceptors (Lipinski definition) is 3. The monoisotopic (exact) mass is 207 g/mol. The molecule has 0 aromatic carbocycles. The molecule has 4 heteroatoms. The number of piperidine rings is 1. The van der Waals surface area contributed by atoms with Crippen molar-refractivity contribution in [3.8, 4) is 0 Å². The van der Waals surface area contributed by atoms with Gasteiger partial charge < -0.3 is 9.88 Å². The van der Waals surface area contributed by atoms with Crippen LogP contribution in [0.3, 0.4) is 0 Å². The first-order valence-corrected chi connectivity index (χ1v) is 5.65. The van der Waals surface area contributed by atoms with Crippen LogP contribution in [0.5, 0.6) is 0 Å². The van der Waals surface area contributed by atoms with Gasteiger partial charge in [0, 0.05) is 25.6 Å². The number of nitrogens with zero attached hydrogens (tertiary/aromatic N) is 2. The second-order valence-corrected chi connectivity index (χ2v) is 3.95. The van der Waals surface area contributed by atoms with Gasteiger partial charge in [-0.1, -0.05) is 6.92 Å². The lowest BCUT2D eigenvalue weighted by Gasteiger charge is -2.27. The van der Waals surface area contributed by atoms with Crippen molar-refractivity contribution >= 4 is 5.82 Å². The van der Waals surface area contributed by atoms with Crippen molar-refractivity contribution in [2.45, 2.75) is 32.6 Å². The van der Waals surface area contributed by atoms with Crippen molar-refractivity contribution in [3.63, 3.8) is 0 Å². The van der Waals surface area contributed by atoms with Gasteiger partial charge in [0.1, 0.15) is 11.6 Å². The topological polar surface area (TPSA) is 49.0 Å². The average molecular weight is 207 g/mol. The van der Waals surface area contributed by atoms with Gasteiger partial charge in [-0.25, -0.2) is 4.98 Å². The summed E-state index contributed by atoms with van der Waals surface area (Å²) in [5.41, 5.74) is -0.0394. The third kappa shape index (κ3) is 2.37. The highest BCUT2D eigenvalue weighted by Crippen LogP contribution is 2.15. The van der Waals surface area contributed by atoms with E-state index in [0.717, 1.165) is 31.2 Å². The van der Waals surface area contributed by atoms with Gasteiger partial charge in [0.05, 0.1) is 0 Å². The van der Waals surface area contributed by atoms with Crippen LogP contribution in [0.4, 0.5) is 5.82 Å². The van der Waals surface area contributed by atoms with Gasteiger partial charge in [-0.2, -0.15) is 0 Å². The molecule has 1 aromatic heterocycles. The third-order valence-corrected chi connectivity index (χ3v) is 2.79. The van der Waals surface area contributed by atoms with Crippen LogP contribution in [-0.4, -0.2) is 23.1 Å². The Kier molecular flexibility index (Phi) is 3.04. The number of hydrogen-bond donors (Lipinski definition) is 1. The quantitative estimate of drug-likeness (QED) is 0.795. The summed E-state index contributed by atoms with van der Waals surface area (Å²) in [6.07, 6.45) is 4.48. The lowest BCUT2D eigenvalue weighted by atomic mass is 10.1. The third-order valence-electron chi connectivity index (χ3n) is 2.79. The molecule has 82 valence electrons. The van der Waals surface area contributed by atoms with Gasteiger partial charge in [-0.05, 0) is 19.3 Å². The highest BCUT2D eigenvalue weighted by Gasteiger charge is 2.12. The Morgan fingerprint density at radius 2 is 2.13 bits per heavy atom. The number of anilines is 1. The van der Waals surface area contributed by atoms with E-state index in [1.165, 1.54) is 19.3 Å². The molecule has 1 aromatic rings. The lowest BCUT2D eigenvalue weighted by molar-refractivity contribution is 0.571. The first-order chi connectivity index (χ1) is 7.29. The van der Waals surface area contributed by atoms with Crippen LogP contribution < -0.4 is 10.5 Å². The van der Waals surface area contributed by atoms with E-state index in [2.05, 4.69) is 14.9 Å². The fourth-order valence-electron chi connectivity index (χ4n) is 1.95. The first kappa shape index (κ1) is 10.2. The highest BCUT2D eigenvalue weighted by atomic mass is 16.1. The molecule has 0 spiro atoms. The molecular formula is C11H17N3O. The molecule has 0 saturated carbocycles. The van der Waals surface area contributed by atoms with Crippen molar-refractivity contribution in [1.82, 2.24) is 9.97 Å². The number of aryl methyl sites for hydroxylation is 1. The summed E-state index contributed by atoms with van der Waals surface area (Å²) in [6, 6.07) is 1.60. The van der Waals surface area contributed by atoms with Gasteiger partial charge in [0.2, 0.25) is 0 Å². The summed E-state index contributed by atoms with van der Waals surface area (Å²) in [6.45, 7) is 4.05. The molecule has 2 rings (SSSR count). The molecule has 1 N–H and O–H groups in total. The van der Waals surface area contributed by atoms with E-state index >= 15 is 0 Å². The normalized spacial score (nSPS) is 16.7. The van der Waals surface area contributed by atoms with Crippen molar-refractivity contribution in [2.24, 2.45) is 0 Å². The van der Waals surface area contributed by atoms with E-state index in [1.54, 1.807) is 6.07 Å². The molecule has 15 heavy (non-hydrogen) atoms. The van der Waals surface area contributed by atoms with Crippen LogP contribution in [0.25, 0.3) is 0 Å². The molecule has 2 heterocycles. The van der Waals surface area contributed by atoms with E-state index in [9.17, 15) is 4.79 Å².